The molecule has 152 valence electrons. The lowest BCUT2D eigenvalue weighted by Gasteiger charge is -2.10. The van der Waals surface area contributed by atoms with E-state index in [0.29, 0.717) is 5.69 Å². The van der Waals surface area contributed by atoms with Crippen LogP contribution in [0.3, 0.4) is 0 Å². The number of nitrogens with zero attached hydrogens (tertiary/aromatic N) is 2. The zero-order valence-corrected chi connectivity index (χ0v) is 16.0. The number of rotatable bonds is 7. The highest BCUT2D eigenvalue weighted by Gasteiger charge is 2.18. The van der Waals surface area contributed by atoms with Crippen molar-refractivity contribution in [3.05, 3.63) is 93.4 Å². The molecule has 0 aliphatic carbocycles. The van der Waals surface area contributed by atoms with Gasteiger partial charge in [0.15, 0.2) is 0 Å². The molecule has 0 aliphatic rings. The summed E-state index contributed by atoms with van der Waals surface area (Å²) in [4.78, 5) is 33.1. The first-order valence-corrected chi connectivity index (χ1v) is 9.89. The molecule has 0 radical (unpaired) electrons. The van der Waals surface area contributed by atoms with Crippen LogP contribution in [-0.2, 0) is 10.0 Å². The predicted octanol–water partition coefficient (Wildman–Crippen LogP) is 4.05. The highest BCUT2D eigenvalue weighted by atomic mass is 32.2. The lowest BCUT2D eigenvalue weighted by Crippen LogP contribution is -2.16. The fourth-order valence-corrected chi connectivity index (χ4v) is 3.64. The van der Waals surface area contributed by atoms with Gasteiger partial charge in [-0.15, -0.1) is 4.91 Å². The predicted molar refractivity (Wildman–Crippen MR) is 110 cm³/mol. The van der Waals surface area contributed by atoms with Crippen LogP contribution in [0.4, 0.5) is 22.7 Å². The Hall–Kier alpha value is -4.12. The molecule has 0 aliphatic heterocycles. The smallest absolute Gasteiger partial charge is 0.271 e. The summed E-state index contributed by atoms with van der Waals surface area (Å²) in [7, 11) is -4.10. The zero-order chi connectivity index (χ0) is 21.7. The third-order valence-electron chi connectivity index (χ3n) is 3.93. The maximum Gasteiger partial charge on any atom is 0.271 e. The summed E-state index contributed by atoms with van der Waals surface area (Å²) >= 11 is 0. The van der Waals surface area contributed by atoms with Gasteiger partial charge in [0.25, 0.3) is 21.6 Å². The Morgan fingerprint density at radius 1 is 0.933 bits per heavy atom. The maximum atomic E-state index is 12.6. The van der Waals surface area contributed by atoms with Crippen molar-refractivity contribution in [2.24, 2.45) is 5.18 Å². The van der Waals surface area contributed by atoms with Crippen LogP contribution in [0.25, 0.3) is 0 Å². The fraction of sp³-hybridized carbons (Fsp3) is 0. The molecule has 10 nitrogen and oxygen atoms in total. The molecular weight excluding hydrogens is 412 g/mol. The molecular formula is C19H14N4O6S. The summed E-state index contributed by atoms with van der Waals surface area (Å²) in [6.07, 6.45) is 0. The van der Waals surface area contributed by atoms with E-state index in [9.17, 15) is 28.2 Å². The Bertz CT molecular complexity index is 1240. The quantitative estimate of drug-likeness (QED) is 0.331. The first-order valence-electron chi connectivity index (χ1n) is 8.40. The SMILES string of the molecule is O=Nc1cccc(NC(=O)c2cccc(S(=O)(=O)Nc3cccc([N+](=O)[O-])c3)c2)c1. The minimum Gasteiger partial charge on any atom is -0.322 e. The van der Waals surface area contributed by atoms with Crippen LogP contribution in [0, 0.1) is 15.0 Å². The molecule has 0 saturated heterocycles. The Kier molecular flexibility index (Phi) is 5.83. The van der Waals surface area contributed by atoms with E-state index < -0.39 is 20.9 Å². The summed E-state index contributed by atoms with van der Waals surface area (Å²) in [5.74, 6) is -0.592. The van der Waals surface area contributed by atoms with Crippen molar-refractivity contribution >= 4 is 38.7 Å². The summed E-state index contributed by atoms with van der Waals surface area (Å²) in [6, 6.07) is 16.2. The Morgan fingerprint density at radius 2 is 1.63 bits per heavy atom. The van der Waals surface area contributed by atoms with E-state index >= 15 is 0 Å². The summed E-state index contributed by atoms with van der Waals surface area (Å²) in [6.45, 7) is 0. The van der Waals surface area contributed by atoms with Crippen molar-refractivity contribution < 1.29 is 18.1 Å². The van der Waals surface area contributed by atoms with Gasteiger partial charge in [-0.1, -0.05) is 18.2 Å². The van der Waals surface area contributed by atoms with Crippen molar-refractivity contribution in [2.45, 2.75) is 4.90 Å². The van der Waals surface area contributed by atoms with Crippen LogP contribution in [0.1, 0.15) is 10.4 Å². The average Bonchev–Trinajstić information content (AvgIpc) is 2.74. The fourth-order valence-electron chi connectivity index (χ4n) is 2.55. The molecule has 30 heavy (non-hydrogen) atoms. The maximum absolute atomic E-state index is 12.6. The van der Waals surface area contributed by atoms with Crippen LogP contribution in [0.15, 0.2) is 82.9 Å². The third-order valence-corrected chi connectivity index (χ3v) is 5.30. The van der Waals surface area contributed by atoms with E-state index in [-0.39, 0.29) is 27.5 Å². The normalized spacial score (nSPS) is 10.8. The number of anilines is 2. The summed E-state index contributed by atoms with van der Waals surface area (Å²) < 4.78 is 27.5. The molecule has 0 aromatic heterocycles. The number of amides is 1. The monoisotopic (exact) mass is 426 g/mol. The van der Waals surface area contributed by atoms with Crippen molar-refractivity contribution in [3.63, 3.8) is 0 Å². The lowest BCUT2D eigenvalue weighted by atomic mass is 10.2. The van der Waals surface area contributed by atoms with Gasteiger partial charge < -0.3 is 5.32 Å². The topological polar surface area (TPSA) is 148 Å². The number of nitro groups is 1. The molecule has 0 saturated carbocycles. The van der Waals surface area contributed by atoms with E-state index in [4.69, 9.17) is 0 Å². The van der Waals surface area contributed by atoms with E-state index in [1.165, 1.54) is 54.6 Å². The van der Waals surface area contributed by atoms with Gasteiger partial charge in [0, 0.05) is 23.4 Å². The second kappa shape index (κ2) is 8.49. The van der Waals surface area contributed by atoms with Gasteiger partial charge >= 0.3 is 0 Å². The molecule has 0 atom stereocenters. The number of nitrogens with one attached hydrogen (secondary N) is 2. The molecule has 0 spiro atoms. The molecule has 0 bridgehead atoms. The van der Waals surface area contributed by atoms with Crippen molar-refractivity contribution in [2.75, 3.05) is 10.0 Å². The molecule has 0 unspecified atom stereocenters. The van der Waals surface area contributed by atoms with Crippen LogP contribution in [-0.4, -0.2) is 19.2 Å². The number of nitro benzene ring substituents is 1. The minimum absolute atomic E-state index is 0.0113. The van der Waals surface area contributed by atoms with Gasteiger partial charge in [0.05, 0.1) is 15.5 Å². The zero-order valence-electron chi connectivity index (χ0n) is 15.2. The largest absolute Gasteiger partial charge is 0.322 e. The second-order valence-corrected chi connectivity index (χ2v) is 7.72. The van der Waals surface area contributed by atoms with E-state index in [1.54, 1.807) is 6.07 Å². The number of nitroso groups, excluding NO2 is 1. The molecule has 1 amide bonds. The van der Waals surface area contributed by atoms with Crippen LogP contribution >= 0.6 is 0 Å². The Labute approximate surface area is 170 Å². The number of benzene rings is 3. The van der Waals surface area contributed by atoms with Gasteiger partial charge in [-0.25, -0.2) is 8.42 Å². The summed E-state index contributed by atoms with van der Waals surface area (Å²) in [5.41, 5.74) is 0.249. The number of hydrogen-bond donors (Lipinski definition) is 2. The molecule has 3 rings (SSSR count). The molecule has 3 aromatic carbocycles. The van der Waals surface area contributed by atoms with Gasteiger partial charge in [0.1, 0.15) is 5.69 Å². The summed E-state index contributed by atoms with van der Waals surface area (Å²) in [5, 5.41) is 16.2. The molecule has 0 fully saturated rings. The minimum atomic E-state index is -4.10. The van der Waals surface area contributed by atoms with Crippen LogP contribution in [0.2, 0.25) is 0 Å². The van der Waals surface area contributed by atoms with Crippen molar-refractivity contribution in [3.8, 4) is 0 Å². The molecule has 0 heterocycles. The number of sulfonamides is 1. The number of non-ortho nitro benzene ring substituents is 1. The Balaban J connectivity index is 1.82. The van der Waals surface area contributed by atoms with Crippen molar-refractivity contribution in [1.82, 2.24) is 0 Å². The lowest BCUT2D eigenvalue weighted by molar-refractivity contribution is -0.384. The number of hydrogen-bond acceptors (Lipinski definition) is 7. The molecule has 11 heteroatoms. The first-order chi connectivity index (χ1) is 14.3. The van der Waals surface area contributed by atoms with E-state index in [1.807, 2.05) is 0 Å². The van der Waals surface area contributed by atoms with Crippen LogP contribution in [0.5, 0.6) is 0 Å². The highest BCUT2D eigenvalue weighted by molar-refractivity contribution is 7.92. The first kappa shape index (κ1) is 20.6. The van der Waals surface area contributed by atoms with E-state index in [0.717, 1.165) is 12.1 Å². The van der Waals surface area contributed by atoms with Crippen LogP contribution < -0.4 is 10.0 Å². The van der Waals surface area contributed by atoms with E-state index in [2.05, 4.69) is 15.2 Å². The standard InChI is InChI=1S/C19H14N4O6S/c24-19(20-14-5-2-6-15(11-14)21-25)13-4-1-9-18(10-13)30(28,29)22-16-7-3-8-17(12-16)23(26)27/h1-12,22H,(H,20,24). The third kappa shape index (κ3) is 4.83. The molecule has 2 N–H and O–H groups in total. The number of carbonyl (C=O) groups excluding carboxylic acids is 1. The van der Waals surface area contributed by atoms with Gasteiger partial charge in [0.2, 0.25) is 0 Å². The van der Waals surface area contributed by atoms with Gasteiger partial charge in [-0.3, -0.25) is 19.6 Å². The molecule has 3 aromatic rings. The van der Waals surface area contributed by atoms with Gasteiger partial charge in [-0.05, 0) is 47.6 Å². The second-order valence-electron chi connectivity index (χ2n) is 6.04. The number of carbonyl (C=O) groups is 1. The van der Waals surface area contributed by atoms with Crippen molar-refractivity contribution in [1.29, 1.82) is 0 Å². The Morgan fingerprint density at radius 3 is 2.37 bits per heavy atom. The van der Waals surface area contributed by atoms with Gasteiger partial charge in [-0.2, -0.15) is 0 Å². The average molecular weight is 426 g/mol. The highest BCUT2D eigenvalue weighted by Crippen LogP contribution is 2.22.